The number of carbonyl (C=O) groups excluding carboxylic acids is 1. The van der Waals surface area contributed by atoms with E-state index in [0.29, 0.717) is 0 Å². The SMILES string of the molecule is CC(=O)C(Cc1ccccc1)(Cc1ccccc1)Cc1ccc2c(c1)CCCC2. The topological polar surface area (TPSA) is 17.1 Å². The Bertz CT molecular complexity index is 915. The zero-order valence-electron chi connectivity index (χ0n) is 17.4. The smallest absolute Gasteiger partial charge is 0.136 e. The summed E-state index contributed by atoms with van der Waals surface area (Å²) in [6.07, 6.45) is 7.28. The average molecular weight is 383 g/mol. The molecule has 0 radical (unpaired) electrons. The van der Waals surface area contributed by atoms with Crippen LogP contribution in [0.2, 0.25) is 0 Å². The van der Waals surface area contributed by atoms with E-state index in [1.165, 1.54) is 53.5 Å². The molecule has 0 unspecified atom stereocenters. The number of Topliss-reactive ketones (excluding diaryl/α,β-unsaturated/α-hetero) is 1. The first-order valence-electron chi connectivity index (χ1n) is 10.8. The van der Waals surface area contributed by atoms with E-state index >= 15 is 0 Å². The van der Waals surface area contributed by atoms with Crippen LogP contribution in [0, 0.1) is 5.41 Å². The highest BCUT2D eigenvalue weighted by Gasteiger charge is 2.36. The van der Waals surface area contributed by atoms with Gasteiger partial charge in [0.25, 0.3) is 0 Å². The van der Waals surface area contributed by atoms with Crippen molar-refractivity contribution in [1.82, 2.24) is 0 Å². The van der Waals surface area contributed by atoms with Gasteiger partial charge in [0.05, 0.1) is 0 Å². The number of carbonyl (C=O) groups is 1. The molecule has 0 bridgehead atoms. The highest BCUT2D eigenvalue weighted by molar-refractivity contribution is 5.83. The zero-order chi connectivity index (χ0) is 20.1. The maximum atomic E-state index is 13.2. The molecule has 0 atom stereocenters. The molecule has 29 heavy (non-hydrogen) atoms. The molecule has 0 spiro atoms. The largest absolute Gasteiger partial charge is 0.299 e. The Morgan fingerprint density at radius 1 is 0.690 bits per heavy atom. The van der Waals surface area contributed by atoms with E-state index in [1.807, 2.05) is 12.1 Å². The summed E-state index contributed by atoms with van der Waals surface area (Å²) in [6.45, 7) is 1.78. The molecule has 0 saturated carbocycles. The Hall–Kier alpha value is -2.67. The van der Waals surface area contributed by atoms with Crippen LogP contribution >= 0.6 is 0 Å². The molecular weight excluding hydrogens is 352 g/mol. The molecule has 0 aliphatic heterocycles. The highest BCUT2D eigenvalue weighted by atomic mass is 16.1. The summed E-state index contributed by atoms with van der Waals surface area (Å²) >= 11 is 0. The molecule has 4 rings (SSSR count). The molecule has 0 heterocycles. The van der Waals surface area contributed by atoms with Gasteiger partial charge in [-0.15, -0.1) is 0 Å². The van der Waals surface area contributed by atoms with Crippen LogP contribution in [-0.4, -0.2) is 5.78 Å². The maximum absolute atomic E-state index is 13.2. The van der Waals surface area contributed by atoms with Crippen molar-refractivity contribution in [3.8, 4) is 0 Å². The third kappa shape index (κ3) is 4.67. The molecule has 3 aromatic carbocycles. The summed E-state index contributed by atoms with van der Waals surface area (Å²) in [5.41, 5.74) is 6.33. The molecule has 0 saturated heterocycles. The van der Waals surface area contributed by atoms with Gasteiger partial charge < -0.3 is 0 Å². The summed E-state index contributed by atoms with van der Waals surface area (Å²) in [4.78, 5) is 13.2. The maximum Gasteiger partial charge on any atom is 0.136 e. The van der Waals surface area contributed by atoms with Crippen LogP contribution in [0.15, 0.2) is 78.9 Å². The van der Waals surface area contributed by atoms with Crippen LogP contribution in [0.1, 0.15) is 47.6 Å². The number of hydrogen-bond acceptors (Lipinski definition) is 1. The lowest BCUT2D eigenvalue weighted by Crippen LogP contribution is -2.36. The number of rotatable bonds is 7. The van der Waals surface area contributed by atoms with Crippen molar-refractivity contribution in [2.24, 2.45) is 5.41 Å². The molecule has 1 heteroatoms. The minimum absolute atomic E-state index is 0.280. The van der Waals surface area contributed by atoms with E-state index in [1.54, 1.807) is 6.92 Å². The first-order chi connectivity index (χ1) is 14.1. The van der Waals surface area contributed by atoms with E-state index in [-0.39, 0.29) is 5.78 Å². The van der Waals surface area contributed by atoms with Gasteiger partial charge in [-0.25, -0.2) is 0 Å². The van der Waals surface area contributed by atoms with Gasteiger partial charge in [0.15, 0.2) is 0 Å². The second-order valence-corrected chi connectivity index (χ2v) is 8.65. The quantitative estimate of drug-likeness (QED) is 0.478. The fourth-order valence-electron chi connectivity index (χ4n) is 4.82. The van der Waals surface area contributed by atoms with E-state index in [4.69, 9.17) is 0 Å². The van der Waals surface area contributed by atoms with Crippen molar-refractivity contribution in [2.45, 2.75) is 51.9 Å². The fourth-order valence-corrected chi connectivity index (χ4v) is 4.82. The molecule has 3 aromatic rings. The molecule has 0 N–H and O–H groups in total. The normalized spacial score (nSPS) is 13.7. The molecule has 0 fully saturated rings. The van der Waals surface area contributed by atoms with Gasteiger partial charge in [-0.2, -0.15) is 0 Å². The van der Waals surface area contributed by atoms with Crippen molar-refractivity contribution in [3.63, 3.8) is 0 Å². The van der Waals surface area contributed by atoms with Gasteiger partial charge in [0, 0.05) is 5.41 Å². The lowest BCUT2D eigenvalue weighted by atomic mass is 9.69. The van der Waals surface area contributed by atoms with Crippen molar-refractivity contribution in [2.75, 3.05) is 0 Å². The second kappa shape index (κ2) is 8.78. The third-order valence-corrected chi connectivity index (χ3v) is 6.47. The second-order valence-electron chi connectivity index (χ2n) is 8.65. The summed E-state index contributed by atoms with van der Waals surface area (Å²) in [5, 5.41) is 0. The first kappa shape index (κ1) is 19.6. The summed E-state index contributed by atoms with van der Waals surface area (Å²) in [6, 6.07) is 27.9. The molecule has 1 nitrogen and oxygen atoms in total. The number of ketones is 1. The fraction of sp³-hybridized carbons (Fsp3) is 0.321. The molecule has 1 aliphatic rings. The predicted molar refractivity (Wildman–Crippen MR) is 120 cm³/mol. The monoisotopic (exact) mass is 382 g/mol. The van der Waals surface area contributed by atoms with Crippen molar-refractivity contribution < 1.29 is 4.79 Å². The zero-order valence-corrected chi connectivity index (χ0v) is 17.4. The van der Waals surface area contributed by atoms with E-state index in [2.05, 4.69) is 66.7 Å². The van der Waals surface area contributed by atoms with E-state index in [0.717, 1.165) is 19.3 Å². The van der Waals surface area contributed by atoms with Crippen LogP contribution < -0.4 is 0 Å². The Balaban J connectivity index is 1.70. The lowest BCUT2D eigenvalue weighted by Gasteiger charge is -2.33. The van der Waals surface area contributed by atoms with Crippen LogP contribution in [-0.2, 0) is 36.9 Å². The summed E-state index contributed by atoms with van der Waals surface area (Å²) < 4.78 is 0. The molecular formula is C28H30O. The average Bonchev–Trinajstić information content (AvgIpc) is 2.75. The van der Waals surface area contributed by atoms with Crippen molar-refractivity contribution in [1.29, 1.82) is 0 Å². The lowest BCUT2D eigenvalue weighted by molar-refractivity contribution is -0.126. The predicted octanol–water partition coefficient (Wildman–Crippen LogP) is 6.17. The Labute approximate surface area is 174 Å². The standard InChI is InChI=1S/C28H30O/c1-22(29)28(19-23-10-4-2-5-11-23,20-24-12-6-3-7-13-24)21-25-16-17-26-14-8-9-15-27(26)18-25/h2-7,10-13,16-18H,8-9,14-15,19-21H2,1H3. The minimum atomic E-state index is -0.425. The van der Waals surface area contributed by atoms with Crippen molar-refractivity contribution in [3.05, 3.63) is 107 Å². The van der Waals surface area contributed by atoms with Gasteiger partial charge in [-0.1, -0.05) is 78.9 Å². The van der Waals surface area contributed by atoms with Crippen LogP contribution in [0.5, 0.6) is 0 Å². The first-order valence-corrected chi connectivity index (χ1v) is 10.8. The Morgan fingerprint density at radius 2 is 1.21 bits per heavy atom. The Kier molecular flexibility index (Phi) is 5.94. The van der Waals surface area contributed by atoms with Crippen LogP contribution in [0.3, 0.4) is 0 Å². The third-order valence-electron chi connectivity index (χ3n) is 6.47. The number of aryl methyl sites for hydroxylation is 2. The van der Waals surface area contributed by atoms with Gasteiger partial charge in [-0.05, 0) is 79.7 Å². The molecule has 0 amide bonds. The highest BCUT2D eigenvalue weighted by Crippen LogP contribution is 2.35. The van der Waals surface area contributed by atoms with Crippen LogP contribution in [0.4, 0.5) is 0 Å². The molecule has 1 aliphatic carbocycles. The molecule has 148 valence electrons. The van der Waals surface area contributed by atoms with Crippen molar-refractivity contribution >= 4 is 5.78 Å². The van der Waals surface area contributed by atoms with E-state index < -0.39 is 5.41 Å². The van der Waals surface area contributed by atoms with Gasteiger partial charge in [0.2, 0.25) is 0 Å². The number of benzene rings is 3. The number of hydrogen-bond donors (Lipinski definition) is 0. The number of fused-ring (bicyclic) bond motifs is 1. The Morgan fingerprint density at radius 3 is 1.76 bits per heavy atom. The van der Waals surface area contributed by atoms with Crippen LogP contribution in [0.25, 0.3) is 0 Å². The van der Waals surface area contributed by atoms with Gasteiger partial charge in [0.1, 0.15) is 5.78 Å². The van der Waals surface area contributed by atoms with Gasteiger partial charge in [-0.3, -0.25) is 4.79 Å². The van der Waals surface area contributed by atoms with E-state index in [9.17, 15) is 4.79 Å². The minimum Gasteiger partial charge on any atom is -0.299 e. The summed E-state index contributed by atoms with van der Waals surface area (Å²) in [7, 11) is 0. The molecule has 0 aromatic heterocycles. The summed E-state index contributed by atoms with van der Waals surface area (Å²) in [5.74, 6) is 0.280. The van der Waals surface area contributed by atoms with Gasteiger partial charge >= 0.3 is 0 Å².